The van der Waals surface area contributed by atoms with Crippen LogP contribution in [-0.2, 0) is 9.59 Å². The number of aromatic amines is 1. The van der Waals surface area contributed by atoms with Gasteiger partial charge in [-0.1, -0.05) is 19.3 Å². The number of carbonyl (C=O) groups excluding carboxylic acids is 5. The summed E-state index contributed by atoms with van der Waals surface area (Å²) in [6, 6.07) is 10.9. The normalized spacial score (nSPS) is 19.1. The summed E-state index contributed by atoms with van der Waals surface area (Å²) in [6.45, 7) is 1.82. The molecule has 16 nitrogen and oxygen atoms in total. The average Bonchev–Trinajstić information content (AvgIpc) is 3.87. The number of anilines is 2. The molecule has 4 aliphatic rings. The highest BCUT2D eigenvalue weighted by Crippen LogP contribution is 2.34. The van der Waals surface area contributed by atoms with Crippen LogP contribution in [0.5, 0.6) is 5.75 Å². The molecule has 54 heavy (non-hydrogen) atoms. The van der Waals surface area contributed by atoms with Crippen LogP contribution >= 0.6 is 0 Å². The van der Waals surface area contributed by atoms with Gasteiger partial charge < -0.3 is 15.0 Å². The molecule has 2 aromatic carbocycles. The summed E-state index contributed by atoms with van der Waals surface area (Å²) < 4.78 is 6.88. The number of benzene rings is 2. The largest absolute Gasteiger partial charge is 0.494 e. The molecule has 0 bridgehead atoms. The first-order valence-corrected chi connectivity index (χ1v) is 18.1. The van der Waals surface area contributed by atoms with E-state index in [1.807, 2.05) is 6.07 Å². The third-order valence-electron chi connectivity index (χ3n) is 10.9. The molecule has 5 aromatic rings. The molecule has 1 saturated carbocycles. The minimum absolute atomic E-state index is 0.124. The summed E-state index contributed by atoms with van der Waals surface area (Å²) in [5, 5.41) is 16.9. The number of methoxy groups -OCH3 is 1. The maximum atomic E-state index is 13.0. The second-order valence-corrected chi connectivity index (χ2v) is 14.1. The van der Waals surface area contributed by atoms with E-state index in [4.69, 9.17) is 4.74 Å². The predicted octanol–water partition coefficient (Wildman–Crippen LogP) is 3.41. The molecule has 16 heteroatoms. The van der Waals surface area contributed by atoms with Crippen molar-refractivity contribution in [1.29, 1.82) is 0 Å². The molecule has 278 valence electrons. The lowest BCUT2D eigenvalue weighted by molar-refractivity contribution is -0.136. The van der Waals surface area contributed by atoms with Crippen LogP contribution < -0.4 is 20.3 Å². The summed E-state index contributed by atoms with van der Waals surface area (Å²) >= 11 is 0. The Morgan fingerprint density at radius 3 is 2.54 bits per heavy atom. The molecule has 1 atom stereocenters. The van der Waals surface area contributed by atoms with Crippen molar-refractivity contribution in [3.05, 3.63) is 77.9 Å². The van der Waals surface area contributed by atoms with Gasteiger partial charge in [-0.15, -0.1) is 0 Å². The Labute approximate surface area is 309 Å². The number of fused-ring (bicyclic) bond motifs is 3. The van der Waals surface area contributed by atoms with Crippen molar-refractivity contribution in [1.82, 2.24) is 39.9 Å². The van der Waals surface area contributed by atoms with Crippen molar-refractivity contribution in [2.24, 2.45) is 0 Å². The maximum Gasteiger partial charge on any atom is 0.262 e. The van der Waals surface area contributed by atoms with E-state index in [0.29, 0.717) is 45.9 Å². The first-order chi connectivity index (χ1) is 26.2. The zero-order valence-electron chi connectivity index (χ0n) is 29.9. The number of rotatable bonds is 7. The van der Waals surface area contributed by atoms with Gasteiger partial charge in [0.25, 0.3) is 17.7 Å². The van der Waals surface area contributed by atoms with E-state index >= 15 is 0 Å². The van der Waals surface area contributed by atoms with Crippen molar-refractivity contribution >= 4 is 57.5 Å². The van der Waals surface area contributed by atoms with Gasteiger partial charge in [-0.3, -0.25) is 44.2 Å². The molecular formula is C38H40N10O6. The maximum absolute atomic E-state index is 13.0. The topological polar surface area (TPSA) is 187 Å². The number of nitrogens with one attached hydrogen (secondary N) is 3. The van der Waals surface area contributed by atoms with E-state index in [1.54, 1.807) is 60.5 Å². The van der Waals surface area contributed by atoms with Crippen LogP contribution in [0.1, 0.15) is 76.0 Å². The van der Waals surface area contributed by atoms with Crippen molar-refractivity contribution < 1.29 is 28.7 Å². The van der Waals surface area contributed by atoms with Crippen molar-refractivity contribution in [2.75, 3.05) is 37.5 Å². The van der Waals surface area contributed by atoms with Gasteiger partial charge in [0.2, 0.25) is 11.8 Å². The van der Waals surface area contributed by atoms with Crippen LogP contribution in [0.15, 0.2) is 61.2 Å². The quantitative estimate of drug-likeness (QED) is 0.208. The van der Waals surface area contributed by atoms with Gasteiger partial charge in [0.15, 0.2) is 5.65 Å². The SMILES string of the molecule is CN(C1CCCCC1)C1CN(c2ccc3c(c2)C(=O)N(C2CCC(=O)NC2=O)C3=O)C1.COc1cc2[nH]ncc2cc1NC(=O)c1cnn2cccnc12. The van der Waals surface area contributed by atoms with E-state index in [0.717, 1.165) is 34.6 Å². The number of amides is 5. The molecule has 3 aromatic heterocycles. The lowest BCUT2D eigenvalue weighted by Gasteiger charge is -2.48. The fourth-order valence-electron chi connectivity index (χ4n) is 7.78. The molecule has 3 aliphatic heterocycles. The number of hydrogen-bond acceptors (Lipinski definition) is 11. The summed E-state index contributed by atoms with van der Waals surface area (Å²) in [5.41, 5.74) is 3.87. The van der Waals surface area contributed by atoms with Crippen LogP contribution in [-0.4, -0.2) is 110 Å². The molecule has 9 rings (SSSR count). The number of hydrogen-bond donors (Lipinski definition) is 3. The van der Waals surface area contributed by atoms with Crippen LogP contribution in [0.2, 0.25) is 0 Å². The van der Waals surface area contributed by atoms with E-state index < -0.39 is 23.8 Å². The second kappa shape index (κ2) is 14.3. The highest BCUT2D eigenvalue weighted by atomic mass is 16.5. The van der Waals surface area contributed by atoms with Crippen LogP contribution in [0.25, 0.3) is 16.6 Å². The van der Waals surface area contributed by atoms with Crippen molar-refractivity contribution in [3.63, 3.8) is 0 Å². The smallest absolute Gasteiger partial charge is 0.262 e. The number of aromatic nitrogens is 5. The van der Waals surface area contributed by atoms with Crippen LogP contribution in [0.3, 0.4) is 0 Å². The standard InChI is InChI=1S/C23H28N4O4.C15H12N6O2/c1-25(14-5-3-2-4-6-14)16-12-26(13-16)15-7-8-17-18(11-15)23(31)27(22(17)30)19-9-10-20(28)24-21(19)29;1-23-13-6-11-9(7-17-20-11)5-12(13)19-15(22)10-8-18-21-4-2-3-16-14(10)21/h7-8,11,14,16,19H,2-6,9-10,12-13H2,1H3,(H,24,28,29);2-8H,1H3,(H,17,20)(H,19,22). The van der Waals surface area contributed by atoms with Gasteiger partial charge in [0.05, 0.1) is 41.8 Å². The van der Waals surface area contributed by atoms with Crippen molar-refractivity contribution in [3.8, 4) is 5.75 Å². The molecule has 0 spiro atoms. The molecule has 3 fully saturated rings. The highest BCUT2D eigenvalue weighted by Gasteiger charge is 2.45. The van der Waals surface area contributed by atoms with E-state index in [1.165, 1.54) is 38.3 Å². The molecule has 0 radical (unpaired) electrons. The number of H-pyrrole nitrogens is 1. The van der Waals surface area contributed by atoms with Gasteiger partial charge in [-0.2, -0.15) is 10.2 Å². The van der Waals surface area contributed by atoms with Gasteiger partial charge in [0, 0.05) is 61.1 Å². The van der Waals surface area contributed by atoms with Gasteiger partial charge in [-0.05, 0) is 56.6 Å². The van der Waals surface area contributed by atoms with Gasteiger partial charge >= 0.3 is 0 Å². The van der Waals surface area contributed by atoms with E-state index in [9.17, 15) is 24.0 Å². The minimum Gasteiger partial charge on any atom is -0.494 e. The average molecular weight is 733 g/mol. The summed E-state index contributed by atoms with van der Waals surface area (Å²) in [6.07, 6.45) is 13.3. The Morgan fingerprint density at radius 2 is 1.76 bits per heavy atom. The number of piperidine rings is 1. The minimum atomic E-state index is -0.925. The number of ether oxygens (including phenoxy) is 1. The van der Waals surface area contributed by atoms with Gasteiger partial charge in [0.1, 0.15) is 17.4 Å². The first-order valence-electron chi connectivity index (χ1n) is 18.1. The number of imide groups is 2. The molecular weight excluding hydrogens is 692 g/mol. The van der Waals surface area contributed by atoms with Gasteiger partial charge in [-0.25, -0.2) is 9.50 Å². The van der Waals surface area contributed by atoms with Crippen LogP contribution in [0.4, 0.5) is 11.4 Å². The monoisotopic (exact) mass is 732 g/mol. The summed E-state index contributed by atoms with van der Waals surface area (Å²) in [4.78, 5) is 72.0. The van der Waals surface area contributed by atoms with Crippen molar-refractivity contribution in [2.45, 2.75) is 63.1 Å². The molecule has 3 N–H and O–H groups in total. The Hall–Kier alpha value is -6.16. The zero-order chi connectivity index (χ0) is 37.5. The summed E-state index contributed by atoms with van der Waals surface area (Å²) in [5.74, 6) is -1.63. The lowest BCUT2D eigenvalue weighted by Crippen LogP contribution is -2.61. The second-order valence-electron chi connectivity index (χ2n) is 14.1. The zero-order valence-corrected chi connectivity index (χ0v) is 29.9. The lowest BCUT2D eigenvalue weighted by atomic mass is 9.92. The molecule has 1 unspecified atom stereocenters. The Morgan fingerprint density at radius 1 is 0.963 bits per heavy atom. The fourth-order valence-corrected chi connectivity index (χ4v) is 7.78. The third kappa shape index (κ3) is 6.42. The number of carbonyl (C=O) groups is 5. The first kappa shape index (κ1) is 34.9. The molecule has 1 aliphatic carbocycles. The molecule has 5 amide bonds. The Balaban J connectivity index is 0.000000160. The predicted molar refractivity (Wildman–Crippen MR) is 197 cm³/mol. The molecule has 6 heterocycles. The van der Waals surface area contributed by atoms with Crippen LogP contribution in [0, 0.1) is 0 Å². The number of likely N-dealkylation sites (N-methyl/N-ethyl adjacent to an activating group) is 1. The Kier molecular flexibility index (Phi) is 9.27. The summed E-state index contributed by atoms with van der Waals surface area (Å²) in [7, 11) is 3.77. The third-order valence-corrected chi connectivity index (χ3v) is 10.9. The fraction of sp³-hybridized carbons (Fsp3) is 0.368. The highest BCUT2D eigenvalue weighted by molar-refractivity contribution is 6.23. The number of nitrogens with zero attached hydrogens (tertiary/aromatic N) is 7. The Bertz CT molecular complexity index is 2290. The molecule has 2 saturated heterocycles. The van der Waals surface area contributed by atoms with E-state index in [-0.39, 0.29) is 24.7 Å². The van der Waals surface area contributed by atoms with E-state index in [2.05, 4.69) is 47.8 Å².